The number of nitrogens with two attached hydrogens (primary N) is 1. The lowest BCUT2D eigenvalue weighted by Crippen LogP contribution is -2.22. The van der Waals surface area contributed by atoms with E-state index < -0.39 is 0 Å². The Balaban J connectivity index is 1.96. The van der Waals surface area contributed by atoms with E-state index in [-0.39, 0.29) is 0 Å². The zero-order valence-electron chi connectivity index (χ0n) is 10.9. The quantitative estimate of drug-likeness (QED) is 0.664. The average molecular weight is 276 g/mol. The highest BCUT2D eigenvalue weighted by Gasteiger charge is 2.01. The zero-order valence-corrected chi connectivity index (χ0v) is 11.7. The highest BCUT2D eigenvalue weighted by molar-refractivity contribution is 7.09. The Hall–Kier alpha value is -2.08. The Labute approximate surface area is 116 Å². The number of aliphatic imine (C=N–C) groups is 1. The summed E-state index contributed by atoms with van der Waals surface area (Å²) in [6.45, 7) is 2.51. The monoisotopic (exact) mass is 276 g/mol. The van der Waals surface area contributed by atoms with Gasteiger partial charge in [-0.15, -0.1) is 11.3 Å². The molecular formula is C13H16N4OS. The second-order valence-corrected chi connectivity index (χ2v) is 4.86. The van der Waals surface area contributed by atoms with Gasteiger partial charge in [0.1, 0.15) is 5.75 Å². The maximum atomic E-state index is 5.83. The van der Waals surface area contributed by atoms with Gasteiger partial charge in [0.25, 0.3) is 0 Å². The van der Waals surface area contributed by atoms with Crippen LogP contribution in [0.25, 0.3) is 0 Å². The van der Waals surface area contributed by atoms with E-state index in [2.05, 4.69) is 15.3 Å². The first kappa shape index (κ1) is 13.4. The summed E-state index contributed by atoms with van der Waals surface area (Å²) in [6, 6.07) is 7.50. The number of methoxy groups -OCH3 is 1. The molecule has 0 bridgehead atoms. The van der Waals surface area contributed by atoms with E-state index >= 15 is 0 Å². The van der Waals surface area contributed by atoms with E-state index in [9.17, 15) is 0 Å². The lowest BCUT2D eigenvalue weighted by atomic mass is 10.3. The van der Waals surface area contributed by atoms with Crippen molar-refractivity contribution in [3.63, 3.8) is 0 Å². The van der Waals surface area contributed by atoms with Gasteiger partial charge in [0, 0.05) is 10.6 Å². The van der Waals surface area contributed by atoms with Gasteiger partial charge in [-0.2, -0.15) is 0 Å². The Morgan fingerprint density at radius 3 is 2.74 bits per heavy atom. The number of guanidine groups is 1. The molecule has 0 saturated heterocycles. The number of benzene rings is 1. The van der Waals surface area contributed by atoms with Crippen LogP contribution in [-0.2, 0) is 6.54 Å². The molecule has 0 fully saturated rings. The molecule has 3 N–H and O–H groups in total. The first-order chi connectivity index (χ1) is 9.19. The molecule has 100 valence electrons. The van der Waals surface area contributed by atoms with E-state index in [4.69, 9.17) is 10.5 Å². The molecule has 0 aliphatic carbocycles. The van der Waals surface area contributed by atoms with Gasteiger partial charge in [-0.25, -0.2) is 9.98 Å². The predicted octanol–water partition coefficient (Wildman–Crippen LogP) is 2.39. The Morgan fingerprint density at radius 1 is 1.42 bits per heavy atom. The van der Waals surface area contributed by atoms with Gasteiger partial charge in [0.05, 0.1) is 24.9 Å². The topological polar surface area (TPSA) is 72.5 Å². The summed E-state index contributed by atoms with van der Waals surface area (Å²) in [7, 11) is 1.63. The third-order valence-corrected chi connectivity index (χ3v) is 3.52. The summed E-state index contributed by atoms with van der Waals surface area (Å²) in [5.41, 5.74) is 9.53. The second kappa shape index (κ2) is 6.19. The van der Waals surface area contributed by atoms with Crippen molar-refractivity contribution in [2.45, 2.75) is 13.5 Å². The fourth-order valence-corrected chi connectivity index (χ4v) is 2.20. The van der Waals surface area contributed by atoms with Crippen molar-refractivity contribution >= 4 is 23.0 Å². The first-order valence-electron chi connectivity index (χ1n) is 5.79. The number of hydrogen-bond acceptors (Lipinski definition) is 4. The van der Waals surface area contributed by atoms with Gasteiger partial charge in [-0.3, -0.25) is 0 Å². The highest BCUT2D eigenvalue weighted by atomic mass is 32.1. The molecule has 2 aromatic rings. The molecule has 1 heterocycles. The molecular weight excluding hydrogens is 260 g/mol. The molecule has 0 aliphatic heterocycles. The van der Waals surface area contributed by atoms with E-state index in [1.807, 2.05) is 36.7 Å². The SMILES string of the molecule is COc1ccc(NC(N)=NCc2scnc2C)cc1. The van der Waals surface area contributed by atoms with Gasteiger partial charge >= 0.3 is 0 Å². The van der Waals surface area contributed by atoms with Crippen LogP contribution in [0.2, 0.25) is 0 Å². The van der Waals surface area contributed by atoms with Crippen molar-refractivity contribution in [3.8, 4) is 5.75 Å². The van der Waals surface area contributed by atoms with Crippen molar-refractivity contribution in [1.29, 1.82) is 0 Å². The van der Waals surface area contributed by atoms with Gasteiger partial charge in [0.15, 0.2) is 5.96 Å². The average Bonchev–Trinajstić information content (AvgIpc) is 2.83. The third-order valence-electron chi connectivity index (χ3n) is 2.60. The Bertz CT molecular complexity index is 562. The van der Waals surface area contributed by atoms with Crippen LogP contribution in [0.15, 0.2) is 34.8 Å². The lowest BCUT2D eigenvalue weighted by molar-refractivity contribution is 0.415. The van der Waals surface area contributed by atoms with Crippen LogP contribution in [-0.4, -0.2) is 18.1 Å². The highest BCUT2D eigenvalue weighted by Crippen LogP contribution is 2.15. The van der Waals surface area contributed by atoms with Crippen molar-refractivity contribution in [3.05, 3.63) is 40.3 Å². The number of nitrogens with one attached hydrogen (secondary N) is 1. The van der Waals surface area contributed by atoms with Crippen molar-refractivity contribution < 1.29 is 4.74 Å². The number of rotatable bonds is 4. The van der Waals surface area contributed by atoms with Crippen molar-refractivity contribution in [1.82, 2.24) is 4.98 Å². The van der Waals surface area contributed by atoms with Crippen LogP contribution < -0.4 is 15.8 Å². The molecule has 0 amide bonds. The first-order valence-corrected chi connectivity index (χ1v) is 6.67. The Kier molecular flexibility index (Phi) is 4.35. The summed E-state index contributed by atoms with van der Waals surface area (Å²) in [5.74, 6) is 1.19. The van der Waals surface area contributed by atoms with E-state index in [0.29, 0.717) is 12.5 Å². The van der Waals surface area contributed by atoms with Crippen LogP contribution >= 0.6 is 11.3 Å². The summed E-state index contributed by atoms with van der Waals surface area (Å²) >= 11 is 1.58. The van der Waals surface area contributed by atoms with Crippen LogP contribution in [0.3, 0.4) is 0 Å². The van der Waals surface area contributed by atoms with Gasteiger partial charge in [0.2, 0.25) is 0 Å². The minimum Gasteiger partial charge on any atom is -0.497 e. The maximum absolute atomic E-state index is 5.83. The molecule has 5 nitrogen and oxygen atoms in total. The Morgan fingerprint density at radius 2 is 2.16 bits per heavy atom. The number of anilines is 1. The summed E-state index contributed by atoms with van der Waals surface area (Å²) < 4.78 is 5.09. The number of thiazole rings is 1. The normalized spacial score (nSPS) is 11.4. The van der Waals surface area contributed by atoms with Crippen LogP contribution in [0.5, 0.6) is 5.75 Å². The minimum atomic E-state index is 0.387. The molecule has 0 spiro atoms. The number of hydrogen-bond donors (Lipinski definition) is 2. The lowest BCUT2D eigenvalue weighted by Gasteiger charge is -2.06. The number of aryl methyl sites for hydroxylation is 1. The fraction of sp³-hybridized carbons (Fsp3) is 0.231. The fourth-order valence-electron chi connectivity index (χ4n) is 1.50. The van der Waals surface area contributed by atoms with Crippen LogP contribution in [0.4, 0.5) is 5.69 Å². The molecule has 0 saturated carbocycles. The van der Waals surface area contributed by atoms with E-state index in [0.717, 1.165) is 22.0 Å². The molecule has 0 atom stereocenters. The van der Waals surface area contributed by atoms with Crippen molar-refractivity contribution in [2.24, 2.45) is 10.7 Å². The number of ether oxygens (including phenoxy) is 1. The van der Waals surface area contributed by atoms with Gasteiger partial charge in [-0.05, 0) is 31.2 Å². The zero-order chi connectivity index (χ0) is 13.7. The number of nitrogens with zero attached hydrogens (tertiary/aromatic N) is 2. The molecule has 0 unspecified atom stereocenters. The summed E-state index contributed by atoms with van der Waals surface area (Å²) in [6.07, 6.45) is 0. The molecule has 0 aliphatic rings. The van der Waals surface area contributed by atoms with E-state index in [1.54, 1.807) is 18.4 Å². The number of aromatic nitrogens is 1. The third kappa shape index (κ3) is 3.69. The molecule has 1 aromatic carbocycles. The molecule has 0 radical (unpaired) electrons. The van der Waals surface area contributed by atoms with Crippen LogP contribution in [0, 0.1) is 6.92 Å². The second-order valence-electron chi connectivity index (χ2n) is 3.92. The minimum absolute atomic E-state index is 0.387. The summed E-state index contributed by atoms with van der Waals surface area (Å²) in [5, 5.41) is 3.03. The largest absolute Gasteiger partial charge is 0.497 e. The standard InChI is InChI=1S/C13H16N4OS/c1-9-12(19-8-16-9)7-15-13(14)17-10-3-5-11(18-2)6-4-10/h3-6,8H,7H2,1-2H3,(H3,14,15,17). The van der Waals surface area contributed by atoms with Gasteiger partial charge in [-0.1, -0.05) is 0 Å². The molecule has 6 heteroatoms. The molecule has 1 aromatic heterocycles. The smallest absolute Gasteiger partial charge is 0.193 e. The van der Waals surface area contributed by atoms with E-state index in [1.165, 1.54) is 0 Å². The van der Waals surface area contributed by atoms with Crippen LogP contribution in [0.1, 0.15) is 10.6 Å². The summed E-state index contributed by atoms with van der Waals surface area (Å²) in [4.78, 5) is 9.58. The predicted molar refractivity (Wildman–Crippen MR) is 78.8 cm³/mol. The molecule has 2 rings (SSSR count). The molecule has 19 heavy (non-hydrogen) atoms. The van der Waals surface area contributed by atoms with Crippen molar-refractivity contribution in [2.75, 3.05) is 12.4 Å². The van der Waals surface area contributed by atoms with Gasteiger partial charge < -0.3 is 15.8 Å². The maximum Gasteiger partial charge on any atom is 0.193 e.